The van der Waals surface area contributed by atoms with E-state index in [9.17, 15) is 4.79 Å². The van der Waals surface area contributed by atoms with Crippen molar-refractivity contribution in [2.75, 3.05) is 17.3 Å². The summed E-state index contributed by atoms with van der Waals surface area (Å²) in [5.41, 5.74) is 3.25. The second kappa shape index (κ2) is 8.73. The van der Waals surface area contributed by atoms with Crippen LogP contribution in [0.3, 0.4) is 0 Å². The molecule has 0 spiro atoms. The number of benzene rings is 3. The van der Waals surface area contributed by atoms with Crippen LogP contribution in [0.1, 0.15) is 29.7 Å². The number of anilines is 2. The van der Waals surface area contributed by atoms with E-state index in [1.807, 2.05) is 74.2 Å². The molecule has 3 aromatic rings. The van der Waals surface area contributed by atoms with Gasteiger partial charge < -0.3 is 20.1 Å². The molecule has 1 saturated heterocycles. The zero-order valence-corrected chi connectivity index (χ0v) is 21.5. The lowest BCUT2D eigenvalue weighted by Gasteiger charge is -2.56. The summed E-state index contributed by atoms with van der Waals surface area (Å²) in [7, 11) is 1.60. The van der Waals surface area contributed by atoms with Crippen LogP contribution < -0.4 is 25.0 Å². The van der Waals surface area contributed by atoms with Crippen LogP contribution in [0, 0.1) is 19.8 Å². The number of hydrogen-bond donors (Lipinski definition) is 2. The van der Waals surface area contributed by atoms with Gasteiger partial charge in [-0.2, -0.15) is 0 Å². The predicted molar refractivity (Wildman–Crippen MR) is 142 cm³/mol. The van der Waals surface area contributed by atoms with Crippen LogP contribution in [-0.2, 0) is 4.79 Å². The number of amides is 1. The van der Waals surface area contributed by atoms with E-state index < -0.39 is 17.7 Å². The lowest BCUT2D eigenvalue weighted by molar-refractivity contribution is -0.130. The van der Waals surface area contributed by atoms with Crippen molar-refractivity contribution < 1.29 is 14.3 Å². The zero-order valence-electron chi connectivity index (χ0n) is 19.9. The number of ether oxygens (including phenoxy) is 2. The van der Waals surface area contributed by atoms with Crippen LogP contribution >= 0.6 is 23.8 Å². The summed E-state index contributed by atoms with van der Waals surface area (Å²) >= 11 is 12.1. The highest BCUT2D eigenvalue weighted by atomic mass is 35.5. The number of para-hydroxylation sites is 1. The minimum atomic E-state index is -1.16. The molecule has 2 bridgehead atoms. The molecule has 0 aliphatic carbocycles. The van der Waals surface area contributed by atoms with Gasteiger partial charge in [0.15, 0.2) is 22.3 Å². The lowest BCUT2D eigenvalue weighted by Crippen LogP contribution is -2.72. The maximum Gasteiger partial charge on any atom is 0.236 e. The first-order chi connectivity index (χ1) is 16.7. The maximum atomic E-state index is 14.0. The van der Waals surface area contributed by atoms with Crippen LogP contribution in [0.15, 0.2) is 60.7 Å². The van der Waals surface area contributed by atoms with E-state index in [-0.39, 0.29) is 5.91 Å². The summed E-state index contributed by atoms with van der Waals surface area (Å²) in [4.78, 5) is 15.8. The van der Waals surface area contributed by atoms with Crippen molar-refractivity contribution in [1.29, 1.82) is 0 Å². The van der Waals surface area contributed by atoms with Gasteiger partial charge in [-0.05, 0) is 68.9 Å². The number of rotatable bonds is 4. The average Bonchev–Trinajstić information content (AvgIpc) is 2.80. The summed E-state index contributed by atoms with van der Waals surface area (Å²) in [6.45, 7) is 5.89. The minimum absolute atomic E-state index is 0.181. The van der Waals surface area contributed by atoms with Crippen LogP contribution in [-0.4, -0.2) is 23.9 Å². The van der Waals surface area contributed by atoms with Crippen LogP contribution in [0.5, 0.6) is 11.5 Å². The fraction of sp³-hybridized carbons (Fsp3) is 0.259. The van der Waals surface area contributed by atoms with Crippen molar-refractivity contribution in [3.63, 3.8) is 0 Å². The monoisotopic (exact) mass is 507 g/mol. The molecule has 1 amide bonds. The fourth-order valence-electron chi connectivity index (χ4n) is 5.10. The molecule has 3 atom stereocenters. The molecule has 1 fully saturated rings. The van der Waals surface area contributed by atoms with Crippen LogP contribution in [0.2, 0.25) is 5.02 Å². The van der Waals surface area contributed by atoms with Gasteiger partial charge >= 0.3 is 0 Å². The molecule has 2 N–H and O–H groups in total. The second-order valence-electron chi connectivity index (χ2n) is 9.06. The van der Waals surface area contributed by atoms with Crippen molar-refractivity contribution >= 4 is 46.2 Å². The quantitative estimate of drug-likeness (QED) is 0.437. The van der Waals surface area contributed by atoms with Gasteiger partial charge in [0.25, 0.3) is 0 Å². The Labute approximate surface area is 215 Å². The van der Waals surface area contributed by atoms with Gasteiger partial charge in [-0.3, -0.25) is 9.69 Å². The first-order valence-electron chi connectivity index (χ1n) is 11.3. The number of hydrogen-bond acceptors (Lipinski definition) is 4. The molecule has 8 heteroatoms. The summed E-state index contributed by atoms with van der Waals surface area (Å²) in [6, 6.07) is 18.5. The van der Waals surface area contributed by atoms with Gasteiger partial charge in [0.05, 0.1) is 13.2 Å². The molecule has 2 aliphatic rings. The minimum Gasteiger partial charge on any atom is -0.493 e. The van der Waals surface area contributed by atoms with Gasteiger partial charge in [0.2, 0.25) is 5.91 Å². The number of carbonyl (C=O) groups is 1. The Morgan fingerprint density at radius 2 is 1.94 bits per heavy atom. The number of fused-ring (bicyclic) bond motifs is 4. The molecule has 2 heterocycles. The van der Waals surface area contributed by atoms with E-state index in [0.717, 1.165) is 28.1 Å². The van der Waals surface area contributed by atoms with E-state index in [4.69, 9.17) is 33.3 Å². The normalized spacial score (nSPS) is 22.5. The second-order valence-corrected chi connectivity index (χ2v) is 9.89. The SMILES string of the molecule is COc1cccc2c1O[C@]1(C)[C@@H](C(=O)Nc3ccc(C)cc3C)[C@@H]2NC(=S)N1c1cccc(Cl)c1. The van der Waals surface area contributed by atoms with E-state index in [1.165, 1.54) is 0 Å². The third-order valence-electron chi connectivity index (χ3n) is 6.70. The number of carbonyl (C=O) groups excluding carboxylic acids is 1. The largest absolute Gasteiger partial charge is 0.493 e. The topological polar surface area (TPSA) is 62.8 Å². The highest BCUT2D eigenvalue weighted by Crippen LogP contribution is 2.52. The van der Waals surface area contributed by atoms with E-state index >= 15 is 0 Å². The molecule has 180 valence electrons. The summed E-state index contributed by atoms with van der Waals surface area (Å²) in [5.74, 6) is 0.334. The molecule has 0 aromatic heterocycles. The first-order valence-corrected chi connectivity index (χ1v) is 12.1. The first kappa shape index (κ1) is 23.5. The van der Waals surface area contributed by atoms with E-state index in [1.54, 1.807) is 19.2 Å². The van der Waals surface area contributed by atoms with Crippen LogP contribution in [0.4, 0.5) is 11.4 Å². The Morgan fingerprint density at radius 3 is 2.66 bits per heavy atom. The van der Waals surface area contributed by atoms with Gasteiger partial charge in [-0.25, -0.2) is 0 Å². The van der Waals surface area contributed by atoms with Crippen molar-refractivity contribution in [2.45, 2.75) is 32.5 Å². The lowest BCUT2D eigenvalue weighted by atomic mass is 9.78. The Kier molecular flexibility index (Phi) is 5.85. The van der Waals surface area contributed by atoms with Crippen molar-refractivity contribution in [3.8, 4) is 11.5 Å². The average molecular weight is 508 g/mol. The van der Waals surface area contributed by atoms with Gasteiger partial charge in [-0.1, -0.05) is 47.5 Å². The number of nitrogens with one attached hydrogen (secondary N) is 2. The third-order valence-corrected chi connectivity index (χ3v) is 7.23. The summed E-state index contributed by atoms with van der Waals surface area (Å²) < 4.78 is 12.3. The molecule has 3 aromatic carbocycles. The summed E-state index contributed by atoms with van der Waals surface area (Å²) in [6.07, 6.45) is 0. The summed E-state index contributed by atoms with van der Waals surface area (Å²) in [5, 5.41) is 7.54. The molecular formula is C27H26ClN3O3S. The number of aryl methyl sites for hydroxylation is 2. The predicted octanol–water partition coefficient (Wildman–Crippen LogP) is 5.76. The fourth-order valence-corrected chi connectivity index (χ4v) is 5.70. The Balaban J connectivity index is 1.65. The molecule has 35 heavy (non-hydrogen) atoms. The maximum absolute atomic E-state index is 14.0. The highest BCUT2D eigenvalue weighted by Gasteiger charge is 2.59. The van der Waals surface area contributed by atoms with E-state index in [2.05, 4.69) is 10.6 Å². The molecule has 0 unspecified atom stereocenters. The van der Waals surface area contributed by atoms with Crippen LogP contribution in [0.25, 0.3) is 0 Å². The van der Waals surface area contributed by atoms with Gasteiger partial charge in [-0.15, -0.1) is 0 Å². The molecule has 0 radical (unpaired) electrons. The Hall–Kier alpha value is -3.29. The Bertz CT molecular complexity index is 1350. The highest BCUT2D eigenvalue weighted by molar-refractivity contribution is 7.80. The molecule has 5 rings (SSSR count). The van der Waals surface area contributed by atoms with Gasteiger partial charge in [0.1, 0.15) is 5.92 Å². The van der Waals surface area contributed by atoms with Crippen molar-refractivity contribution in [3.05, 3.63) is 82.4 Å². The smallest absolute Gasteiger partial charge is 0.236 e. The van der Waals surface area contributed by atoms with Crippen molar-refractivity contribution in [2.24, 2.45) is 5.92 Å². The van der Waals surface area contributed by atoms with Gasteiger partial charge in [0, 0.05) is 22.0 Å². The zero-order chi connectivity index (χ0) is 24.9. The van der Waals surface area contributed by atoms with Crippen molar-refractivity contribution in [1.82, 2.24) is 5.32 Å². The Morgan fingerprint density at radius 1 is 1.17 bits per heavy atom. The molecule has 0 saturated carbocycles. The molecular weight excluding hydrogens is 482 g/mol. The standard InChI is InChI=1S/C27H26ClN3O3S/c1-15-11-12-20(16(2)13-15)29-25(32)22-23-19-9-6-10-21(33-4)24(19)34-27(22,3)31(26(35)30-23)18-8-5-7-17(28)14-18/h5-14,22-23H,1-4H3,(H,29,32)(H,30,35)/t22-,23-,27-/m1/s1. The number of thiocarbonyl (C=S) groups is 1. The number of methoxy groups -OCH3 is 1. The third kappa shape index (κ3) is 3.89. The number of nitrogens with zero attached hydrogens (tertiary/aromatic N) is 1. The van der Waals surface area contributed by atoms with E-state index in [0.29, 0.717) is 21.6 Å². The molecule has 6 nitrogen and oxygen atoms in total. The number of halogens is 1. The molecule has 2 aliphatic heterocycles.